The highest BCUT2D eigenvalue weighted by molar-refractivity contribution is 6.19. The summed E-state index contributed by atoms with van der Waals surface area (Å²) in [5, 5.41) is 15.4. The molecule has 0 saturated carbocycles. The average molecular weight is 227 g/mol. The lowest BCUT2D eigenvalue weighted by Gasteiger charge is -2.21. The Balaban J connectivity index is 2.38. The van der Waals surface area contributed by atoms with Crippen LogP contribution in [0.1, 0.15) is 15.9 Å². The Labute approximate surface area is 99.1 Å². The lowest BCUT2D eigenvalue weighted by Crippen LogP contribution is -2.41. The molecular weight excluding hydrogens is 214 g/mol. The molecule has 3 heteroatoms. The van der Waals surface area contributed by atoms with Gasteiger partial charge in [0, 0.05) is 17.7 Å². The van der Waals surface area contributed by atoms with Gasteiger partial charge in [-0.25, -0.2) is 0 Å². The minimum Gasteiger partial charge on any atom is -0.376 e. The quantitative estimate of drug-likeness (QED) is 0.816. The first-order valence-electron chi connectivity index (χ1n) is 5.62. The molecule has 1 aliphatic rings. The molecule has 0 saturated heterocycles. The normalized spacial score (nSPS) is 22.4. The maximum Gasteiger partial charge on any atom is 0.200 e. The van der Waals surface area contributed by atoms with E-state index in [4.69, 9.17) is 0 Å². The van der Waals surface area contributed by atoms with Gasteiger partial charge >= 0.3 is 0 Å². The SMILES string of the molecule is CNCC1(O)C(=O)c2cccc3cccc1c23. The number of hydrogen-bond donors (Lipinski definition) is 2. The first-order chi connectivity index (χ1) is 8.18. The van der Waals surface area contributed by atoms with Gasteiger partial charge < -0.3 is 10.4 Å². The highest BCUT2D eigenvalue weighted by Crippen LogP contribution is 2.40. The molecule has 0 amide bonds. The third-order valence-corrected chi connectivity index (χ3v) is 3.40. The van der Waals surface area contributed by atoms with Crippen LogP contribution in [0.2, 0.25) is 0 Å². The molecule has 2 aromatic carbocycles. The van der Waals surface area contributed by atoms with Crippen molar-refractivity contribution in [1.82, 2.24) is 5.32 Å². The first-order valence-corrected chi connectivity index (χ1v) is 5.62. The fraction of sp³-hybridized carbons (Fsp3) is 0.214. The number of benzene rings is 2. The molecule has 0 spiro atoms. The van der Waals surface area contributed by atoms with Gasteiger partial charge in [0.2, 0.25) is 5.78 Å². The van der Waals surface area contributed by atoms with Gasteiger partial charge in [0.05, 0.1) is 0 Å². The number of aliphatic hydroxyl groups is 1. The number of carbonyl (C=O) groups excluding carboxylic acids is 1. The average Bonchev–Trinajstić information content (AvgIpc) is 2.55. The number of likely N-dealkylation sites (N-methyl/N-ethyl adjacent to an activating group) is 1. The highest BCUT2D eigenvalue weighted by Gasteiger charge is 2.45. The summed E-state index contributed by atoms with van der Waals surface area (Å²) < 4.78 is 0. The molecule has 0 radical (unpaired) electrons. The minimum atomic E-state index is -1.42. The van der Waals surface area contributed by atoms with Crippen LogP contribution in [0.5, 0.6) is 0 Å². The summed E-state index contributed by atoms with van der Waals surface area (Å²) in [6.45, 7) is 0.236. The predicted molar refractivity (Wildman–Crippen MR) is 66.1 cm³/mol. The van der Waals surface area contributed by atoms with E-state index in [1.54, 1.807) is 13.1 Å². The zero-order chi connectivity index (χ0) is 12.0. The second-order valence-electron chi connectivity index (χ2n) is 4.43. The Morgan fingerprint density at radius 1 is 1.24 bits per heavy atom. The molecule has 3 rings (SSSR count). The summed E-state index contributed by atoms with van der Waals surface area (Å²) >= 11 is 0. The first kappa shape index (κ1) is 10.4. The molecule has 0 aliphatic heterocycles. The van der Waals surface area contributed by atoms with Crippen LogP contribution in [0.3, 0.4) is 0 Å². The van der Waals surface area contributed by atoms with Gasteiger partial charge in [0.1, 0.15) is 0 Å². The van der Waals surface area contributed by atoms with Crippen LogP contribution in [0, 0.1) is 0 Å². The van der Waals surface area contributed by atoms with Crippen molar-refractivity contribution in [3.05, 3.63) is 47.5 Å². The molecule has 3 nitrogen and oxygen atoms in total. The molecule has 1 unspecified atom stereocenters. The summed E-state index contributed by atoms with van der Waals surface area (Å²) in [5.41, 5.74) is -0.0846. The standard InChI is InChI=1S/C14H13NO2/c1-15-8-14(17)11-7-3-5-9-4-2-6-10(12(9)11)13(14)16/h2-7,15,17H,8H2,1H3. The number of carbonyl (C=O) groups is 1. The number of Topliss-reactive ketones (excluding diaryl/α,β-unsaturated/α-hetero) is 1. The monoisotopic (exact) mass is 227 g/mol. The topological polar surface area (TPSA) is 49.3 Å². The Bertz CT molecular complexity index is 615. The third-order valence-electron chi connectivity index (χ3n) is 3.40. The van der Waals surface area contributed by atoms with Crippen molar-refractivity contribution in [1.29, 1.82) is 0 Å². The second-order valence-corrected chi connectivity index (χ2v) is 4.43. The molecular formula is C14H13NO2. The van der Waals surface area contributed by atoms with Crippen LogP contribution >= 0.6 is 0 Å². The van der Waals surface area contributed by atoms with Gasteiger partial charge in [0.25, 0.3) is 0 Å². The number of nitrogens with one attached hydrogen (secondary N) is 1. The smallest absolute Gasteiger partial charge is 0.200 e. The molecule has 2 aromatic rings. The van der Waals surface area contributed by atoms with Crippen LogP contribution in [0.15, 0.2) is 36.4 Å². The van der Waals surface area contributed by atoms with Gasteiger partial charge in [-0.3, -0.25) is 4.79 Å². The van der Waals surface area contributed by atoms with Crippen LogP contribution < -0.4 is 5.32 Å². The van der Waals surface area contributed by atoms with E-state index in [0.717, 1.165) is 10.8 Å². The Morgan fingerprint density at radius 3 is 2.65 bits per heavy atom. The zero-order valence-corrected chi connectivity index (χ0v) is 9.53. The fourth-order valence-electron chi connectivity index (χ4n) is 2.65. The maximum atomic E-state index is 12.3. The van der Waals surface area contributed by atoms with Crippen molar-refractivity contribution in [2.24, 2.45) is 0 Å². The summed E-state index contributed by atoms with van der Waals surface area (Å²) in [6, 6.07) is 11.3. The zero-order valence-electron chi connectivity index (χ0n) is 9.53. The van der Waals surface area contributed by atoms with Gasteiger partial charge in [-0.15, -0.1) is 0 Å². The van der Waals surface area contributed by atoms with Crippen LogP contribution in [0.25, 0.3) is 10.8 Å². The van der Waals surface area contributed by atoms with E-state index >= 15 is 0 Å². The van der Waals surface area contributed by atoms with Crippen molar-refractivity contribution >= 4 is 16.6 Å². The van der Waals surface area contributed by atoms with Gasteiger partial charge in [-0.2, -0.15) is 0 Å². The van der Waals surface area contributed by atoms with Crippen LogP contribution in [-0.4, -0.2) is 24.5 Å². The maximum absolute atomic E-state index is 12.3. The highest BCUT2D eigenvalue weighted by atomic mass is 16.3. The molecule has 17 heavy (non-hydrogen) atoms. The lowest BCUT2D eigenvalue weighted by molar-refractivity contribution is 0.0343. The van der Waals surface area contributed by atoms with Crippen molar-refractivity contribution in [2.75, 3.05) is 13.6 Å². The number of rotatable bonds is 2. The fourth-order valence-corrected chi connectivity index (χ4v) is 2.65. The van der Waals surface area contributed by atoms with Crippen LogP contribution in [0.4, 0.5) is 0 Å². The summed E-state index contributed by atoms with van der Waals surface area (Å²) in [6.07, 6.45) is 0. The van der Waals surface area contributed by atoms with E-state index in [-0.39, 0.29) is 12.3 Å². The molecule has 0 heterocycles. The Kier molecular flexibility index (Phi) is 2.08. The number of hydrogen-bond acceptors (Lipinski definition) is 3. The minimum absolute atomic E-state index is 0.210. The molecule has 0 bridgehead atoms. The van der Waals surface area contributed by atoms with E-state index in [2.05, 4.69) is 5.32 Å². The Morgan fingerprint density at radius 2 is 1.94 bits per heavy atom. The molecule has 0 aromatic heterocycles. The molecule has 0 fully saturated rings. The molecule has 1 aliphatic carbocycles. The lowest BCUT2D eigenvalue weighted by atomic mass is 9.94. The van der Waals surface area contributed by atoms with Crippen molar-refractivity contribution in [3.63, 3.8) is 0 Å². The van der Waals surface area contributed by atoms with E-state index in [1.807, 2.05) is 30.3 Å². The summed E-state index contributed by atoms with van der Waals surface area (Å²) in [4.78, 5) is 12.3. The summed E-state index contributed by atoms with van der Waals surface area (Å²) in [5.74, 6) is -0.210. The van der Waals surface area contributed by atoms with Crippen molar-refractivity contribution in [3.8, 4) is 0 Å². The van der Waals surface area contributed by atoms with E-state index in [1.165, 1.54) is 0 Å². The number of ketones is 1. The van der Waals surface area contributed by atoms with E-state index < -0.39 is 5.60 Å². The van der Waals surface area contributed by atoms with Gasteiger partial charge in [-0.05, 0) is 17.8 Å². The molecule has 1 atom stereocenters. The van der Waals surface area contributed by atoms with Gasteiger partial charge in [0.15, 0.2) is 5.60 Å². The second kappa shape index (κ2) is 3.39. The van der Waals surface area contributed by atoms with E-state index in [0.29, 0.717) is 11.1 Å². The van der Waals surface area contributed by atoms with Crippen molar-refractivity contribution < 1.29 is 9.90 Å². The third kappa shape index (κ3) is 1.21. The molecule has 2 N–H and O–H groups in total. The van der Waals surface area contributed by atoms with Crippen molar-refractivity contribution in [2.45, 2.75) is 5.60 Å². The largest absolute Gasteiger partial charge is 0.376 e. The van der Waals surface area contributed by atoms with E-state index in [9.17, 15) is 9.90 Å². The predicted octanol–water partition coefficient (Wildman–Crippen LogP) is 1.44. The summed E-state index contributed by atoms with van der Waals surface area (Å²) in [7, 11) is 1.73. The van der Waals surface area contributed by atoms with Gasteiger partial charge in [-0.1, -0.05) is 36.4 Å². The Hall–Kier alpha value is -1.71. The van der Waals surface area contributed by atoms with Crippen LogP contribution in [-0.2, 0) is 5.60 Å². The molecule has 86 valence electrons.